The summed E-state index contributed by atoms with van der Waals surface area (Å²) in [5.74, 6) is -2.12. The van der Waals surface area contributed by atoms with Crippen LogP contribution in [0.15, 0.2) is 48.5 Å². The number of rotatable bonds is 7. The second-order valence-corrected chi connectivity index (χ2v) is 6.58. The fourth-order valence-corrected chi connectivity index (χ4v) is 2.93. The highest BCUT2D eigenvalue weighted by Gasteiger charge is 2.49. The van der Waals surface area contributed by atoms with Gasteiger partial charge in [-0.3, -0.25) is 14.5 Å². The van der Waals surface area contributed by atoms with Crippen LogP contribution in [0, 0.1) is 11.6 Å². The van der Waals surface area contributed by atoms with Gasteiger partial charge < -0.3 is 15.4 Å². The van der Waals surface area contributed by atoms with E-state index >= 15 is 0 Å². The maximum Gasteiger partial charge on any atom is 0.325 e. The third kappa shape index (κ3) is 4.34. The Hall–Kier alpha value is -3.49. The molecule has 2 N–H and O–H groups in total. The molecule has 9 heteroatoms. The van der Waals surface area contributed by atoms with E-state index in [0.717, 1.165) is 4.90 Å². The zero-order valence-corrected chi connectivity index (χ0v) is 15.6. The molecule has 1 aliphatic rings. The molecule has 1 heterocycles. The molecule has 0 aromatic heterocycles. The number of hydrogen-bond acceptors (Lipinski definition) is 4. The van der Waals surface area contributed by atoms with Gasteiger partial charge in [-0.25, -0.2) is 13.6 Å². The summed E-state index contributed by atoms with van der Waals surface area (Å²) in [4.78, 5) is 37.8. The maximum atomic E-state index is 13.4. The minimum atomic E-state index is -1.39. The van der Waals surface area contributed by atoms with Gasteiger partial charge >= 0.3 is 6.03 Å². The van der Waals surface area contributed by atoms with Crippen LogP contribution in [0.5, 0.6) is 5.75 Å². The molecule has 0 spiro atoms. The predicted molar refractivity (Wildman–Crippen MR) is 98.9 cm³/mol. The van der Waals surface area contributed by atoms with E-state index in [2.05, 4.69) is 10.6 Å². The molecule has 0 unspecified atom stereocenters. The Bertz CT molecular complexity index is 936. The summed E-state index contributed by atoms with van der Waals surface area (Å²) in [7, 11) is 0. The fourth-order valence-electron chi connectivity index (χ4n) is 2.93. The first-order valence-electron chi connectivity index (χ1n) is 8.85. The number of halogens is 2. The zero-order valence-electron chi connectivity index (χ0n) is 15.6. The van der Waals surface area contributed by atoms with Gasteiger partial charge in [0.25, 0.3) is 5.91 Å². The molecular formula is C20H19F2N3O4. The van der Waals surface area contributed by atoms with E-state index in [-0.39, 0.29) is 18.9 Å². The summed E-state index contributed by atoms with van der Waals surface area (Å²) >= 11 is 0. The first-order chi connectivity index (χ1) is 13.8. The van der Waals surface area contributed by atoms with Crippen LogP contribution in [0.2, 0.25) is 0 Å². The highest BCUT2D eigenvalue weighted by atomic mass is 19.1. The lowest BCUT2D eigenvalue weighted by Gasteiger charge is -2.22. The van der Waals surface area contributed by atoms with Crippen molar-refractivity contribution in [3.8, 4) is 5.75 Å². The van der Waals surface area contributed by atoms with Crippen LogP contribution in [0.3, 0.4) is 0 Å². The van der Waals surface area contributed by atoms with Gasteiger partial charge in [0.2, 0.25) is 5.91 Å². The van der Waals surface area contributed by atoms with Crippen LogP contribution in [0.25, 0.3) is 0 Å². The SMILES string of the molecule is C[C@@]1(c2ccc(F)cc2)NC(=O)N(CC(=O)NCCOc2ccccc2F)C1=O. The number of carbonyl (C=O) groups is 3. The van der Waals surface area contributed by atoms with Crippen molar-refractivity contribution in [2.45, 2.75) is 12.5 Å². The Kier molecular flexibility index (Phi) is 5.76. The number of urea groups is 1. The number of imide groups is 1. The summed E-state index contributed by atoms with van der Waals surface area (Å²) in [6.07, 6.45) is 0. The summed E-state index contributed by atoms with van der Waals surface area (Å²) in [5, 5.41) is 5.04. The Balaban J connectivity index is 1.53. The van der Waals surface area contributed by atoms with E-state index < -0.39 is 41.6 Å². The van der Waals surface area contributed by atoms with Crippen molar-refractivity contribution >= 4 is 17.8 Å². The molecule has 1 fully saturated rings. The lowest BCUT2D eigenvalue weighted by Crippen LogP contribution is -2.43. The van der Waals surface area contributed by atoms with E-state index in [9.17, 15) is 23.2 Å². The van der Waals surface area contributed by atoms with Crippen LogP contribution < -0.4 is 15.4 Å². The minimum absolute atomic E-state index is 0.0140. The van der Waals surface area contributed by atoms with Crippen molar-refractivity contribution in [1.82, 2.24) is 15.5 Å². The summed E-state index contributed by atoms with van der Waals surface area (Å²) in [5.41, 5.74) is -0.989. The Morgan fingerprint density at radius 2 is 1.83 bits per heavy atom. The van der Waals surface area contributed by atoms with Crippen LogP contribution in [-0.2, 0) is 15.1 Å². The van der Waals surface area contributed by atoms with Gasteiger partial charge in [-0.1, -0.05) is 24.3 Å². The van der Waals surface area contributed by atoms with Gasteiger partial charge in [0.05, 0.1) is 6.54 Å². The van der Waals surface area contributed by atoms with Crippen LogP contribution in [0.4, 0.5) is 13.6 Å². The molecule has 0 bridgehead atoms. The third-order valence-electron chi connectivity index (χ3n) is 4.52. The highest BCUT2D eigenvalue weighted by Crippen LogP contribution is 2.28. The topological polar surface area (TPSA) is 87.7 Å². The van der Waals surface area contributed by atoms with Crippen molar-refractivity contribution in [2.75, 3.05) is 19.7 Å². The number of hydrogen-bond donors (Lipinski definition) is 2. The molecule has 1 atom stereocenters. The van der Waals surface area contributed by atoms with Gasteiger partial charge in [0.1, 0.15) is 24.5 Å². The van der Waals surface area contributed by atoms with E-state index in [1.54, 1.807) is 6.07 Å². The molecule has 152 valence electrons. The average Bonchev–Trinajstić information content (AvgIpc) is 2.91. The molecular weight excluding hydrogens is 384 g/mol. The van der Waals surface area contributed by atoms with Crippen molar-refractivity contribution in [3.05, 3.63) is 65.7 Å². The zero-order chi connectivity index (χ0) is 21.0. The number of nitrogens with zero attached hydrogens (tertiary/aromatic N) is 1. The van der Waals surface area contributed by atoms with E-state index in [1.165, 1.54) is 49.4 Å². The number of amides is 4. The lowest BCUT2D eigenvalue weighted by molar-refractivity contribution is -0.134. The molecule has 29 heavy (non-hydrogen) atoms. The van der Waals surface area contributed by atoms with Crippen molar-refractivity contribution in [1.29, 1.82) is 0 Å². The molecule has 0 radical (unpaired) electrons. The number of para-hydroxylation sites is 1. The van der Waals surface area contributed by atoms with Gasteiger partial charge in [-0.2, -0.15) is 0 Å². The normalized spacial score (nSPS) is 18.5. The van der Waals surface area contributed by atoms with Gasteiger partial charge in [-0.05, 0) is 36.8 Å². The minimum Gasteiger partial charge on any atom is -0.489 e. The molecule has 0 aliphatic carbocycles. The average molecular weight is 403 g/mol. The molecule has 2 aromatic rings. The van der Waals surface area contributed by atoms with Crippen molar-refractivity contribution in [3.63, 3.8) is 0 Å². The Morgan fingerprint density at radius 1 is 1.14 bits per heavy atom. The molecule has 3 rings (SSSR count). The van der Waals surface area contributed by atoms with E-state index in [4.69, 9.17) is 4.74 Å². The number of ether oxygens (including phenoxy) is 1. The van der Waals surface area contributed by atoms with Crippen molar-refractivity contribution in [2.24, 2.45) is 0 Å². The standard InChI is InChI=1S/C20H19F2N3O4/c1-20(13-6-8-14(21)9-7-13)18(27)25(19(28)24-20)12-17(26)23-10-11-29-16-5-3-2-4-15(16)22/h2-9H,10-12H2,1H3,(H,23,26)(H,24,28)/t20-/m0/s1. The molecule has 2 aromatic carbocycles. The smallest absolute Gasteiger partial charge is 0.325 e. The van der Waals surface area contributed by atoms with Gasteiger partial charge in [0.15, 0.2) is 11.6 Å². The quantitative estimate of drug-likeness (QED) is 0.546. The summed E-state index contributed by atoms with van der Waals surface area (Å²) < 4.78 is 31.8. The number of benzene rings is 2. The maximum absolute atomic E-state index is 13.4. The molecule has 1 saturated heterocycles. The highest BCUT2D eigenvalue weighted by molar-refractivity contribution is 6.09. The van der Waals surface area contributed by atoms with Crippen molar-refractivity contribution < 1.29 is 27.9 Å². The largest absolute Gasteiger partial charge is 0.489 e. The second-order valence-electron chi connectivity index (χ2n) is 6.58. The second kappa shape index (κ2) is 8.26. The van der Waals surface area contributed by atoms with Gasteiger partial charge in [0, 0.05) is 0 Å². The Morgan fingerprint density at radius 3 is 2.52 bits per heavy atom. The predicted octanol–water partition coefficient (Wildman–Crippen LogP) is 1.93. The summed E-state index contributed by atoms with van der Waals surface area (Å²) in [6, 6.07) is 10.3. The molecule has 4 amide bonds. The van der Waals surface area contributed by atoms with E-state index in [1.807, 2.05) is 0 Å². The Labute approximate surface area is 165 Å². The van der Waals surface area contributed by atoms with Gasteiger partial charge in [-0.15, -0.1) is 0 Å². The first-order valence-corrected chi connectivity index (χ1v) is 8.85. The number of carbonyl (C=O) groups excluding carboxylic acids is 3. The van der Waals surface area contributed by atoms with Crippen LogP contribution in [0.1, 0.15) is 12.5 Å². The van der Waals surface area contributed by atoms with Crippen LogP contribution in [-0.4, -0.2) is 42.4 Å². The lowest BCUT2D eigenvalue weighted by atomic mass is 9.92. The fraction of sp³-hybridized carbons (Fsp3) is 0.250. The monoisotopic (exact) mass is 403 g/mol. The molecule has 0 saturated carbocycles. The first kappa shape index (κ1) is 20.2. The number of nitrogens with one attached hydrogen (secondary N) is 2. The van der Waals surface area contributed by atoms with E-state index in [0.29, 0.717) is 5.56 Å². The van der Waals surface area contributed by atoms with Crippen LogP contribution >= 0.6 is 0 Å². The molecule has 7 nitrogen and oxygen atoms in total. The molecule has 1 aliphatic heterocycles. The summed E-state index contributed by atoms with van der Waals surface area (Å²) in [6.45, 7) is 1.08. The third-order valence-corrected chi connectivity index (χ3v) is 4.52.